The Balaban J connectivity index is 1.75. The summed E-state index contributed by atoms with van der Waals surface area (Å²) in [6.45, 7) is 2.62. The van der Waals surface area contributed by atoms with Gasteiger partial charge in [-0.15, -0.1) is 0 Å². The molecule has 0 bridgehead atoms. The Labute approximate surface area is 151 Å². The van der Waals surface area contributed by atoms with Crippen LogP contribution in [-0.2, 0) is 6.54 Å². The Bertz CT molecular complexity index is 848. The second kappa shape index (κ2) is 7.68. The number of aromatic nitrogens is 2. The zero-order chi connectivity index (χ0) is 17.8. The van der Waals surface area contributed by atoms with Crippen LogP contribution < -0.4 is 10.1 Å². The van der Waals surface area contributed by atoms with E-state index in [4.69, 9.17) is 16.3 Å². The monoisotopic (exact) mass is 359 g/mol. The van der Waals surface area contributed by atoms with Crippen LogP contribution in [0.4, 0.5) is 4.39 Å². The zero-order valence-corrected chi connectivity index (χ0v) is 14.8. The van der Waals surface area contributed by atoms with Crippen molar-refractivity contribution in [1.29, 1.82) is 0 Å². The van der Waals surface area contributed by atoms with Crippen molar-refractivity contribution in [2.24, 2.45) is 0 Å². The van der Waals surface area contributed by atoms with Gasteiger partial charge in [-0.3, -0.25) is 5.10 Å². The first-order chi connectivity index (χ1) is 12.1. The summed E-state index contributed by atoms with van der Waals surface area (Å²) < 4.78 is 19.4. The Morgan fingerprint density at radius 3 is 2.68 bits per heavy atom. The van der Waals surface area contributed by atoms with Crippen LogP contribution in [0.1, 0.15) is 24.1 Å². The topological polar surface area (TPSA) is 49.9 Å². The lowest BCUT2D eigenvalue weighted by molar-refractivity contribution is 0.411. The van der Waals surface area contributed by atoms with Crippen molar-refractivity contribution >= 4 is 11.6 Å². The van der Waals surface area contributed by atoms with Crippen LogP contribution in [-0.4, -0.2) is 17.3 Å². The average Bonchev–Trinajstić information content (AvgIpc) is 3.08. The first-order valence-electron chi connectivity index (χ1n) is 7.93. The van der Waals surface area contributed by atoms with Crippen LogP contribution in [0.2, 0.25) is 5.02 Å². The van der Waals surface area contributed by atoms with E-state index >= 15 is 0 Å². The van der Waals surface area contributed by atoms with E-state index < -0.39 is 0 Å². The van der Waals surface area contributed by atoms with E-state index in [2.05, 4.69) is 22.4 Å². The van der Waals surface area contributed by atoms with Gasteiger partial charge >= 0.3 is 0 Å². The third-order valence-corrected chi connectivity index (χ3v) is 4.38. The molecule has 130 valence electrons. The standard InChI is InChI=1S/C19H19ClFN3O/c1-12(13-3-5-15(20)6-4-13)22-10-14-11-23-24-19(14)17-8-7-16(25-2)9-18(17)21/h3-9,11-12,22H,10H2,1-2H3,(H,23,24)/t12-/m0/s1. The molecule has 0 saturated carbocycles. The lowest BCUT2D eigenvalue weighted by Gasteiger charge is -2.14. The molecule has 1 atom stereocenters. The molecule has 3 rings (SSSR count). The van der Waals surface area contributed by atoms with Crippen molar-refractivity contribution in [2.75, 3.05) is 7.11 Å². The maximum absolute atomic E-state index is 14.3. The average molecular weight is 360 g/mol. The Morgan fingerprint density at radius 2 is 2.00 bits per heavy atom. The van der Waals surface area contributed by atoms with Crippen molar-refractivity contribution in [3.05, 3.63) is 70.6 Å². The summed E-state index contributed by atoms with van der Waals surface area (Å²) in [6, 6.07) is 12.6. The molecule has 0 radical (unpaired) electrons. The van der Waals surface area contributed by atoms with Gasteiger partial charge in [-0.25, -0.2) is 4.39 Å². The minimum Gasteiger partial charge on any atom is -0.497 e. The molecule has 2 N–H and O–H groups in total. The highest BCUT2D eigenvalue weighted by molar-refractivity contribution is 6.30. The molecular weight excluding hydrogens is 341 g/mol. The van der Waals surface area contributed by atoms with Gasteiger partial charge in [0.05, 0.1) is 19.0 Å². The van der Waals surface area contributed by atoms with E-state index in [9.17, 15) is 4.39 Å². The van der Waals surface area contributed by atoms with E-state index in [-0.39, 0.29) is 11.9 Å². The predicted molar refractivity (Wildman–Crippen MR) is 97.2 cm³/mol. The smallest absolute Gasteiger partial charge is 0.136 e. The van der Waals surface area contributed by atoms with Gasteiger partial charge in [0.2, 0.25) is 0 Å². The summed E-state index contributed by atoms with van der Waals surface area (Å²) in [4.78, 5) is 0. The van der Waals surface area contributed by atoms with Crippen molar-refractivity contribution in [3.8, 4) is 17.0 Å². The third-order valence-electron chi connectivity index (χ3n) is 4.13. The van der Waals surface area contributed by atoms with Crippen molar-refractivity contribution in [1.82, 2.24) is 15.5 Å². The number of halogens is 2. The van der Waals surface area contributed by atoms with Crippen LogP contribution in [0.3, 0.4) is 0 Å². The Hall–Kier alpha value is -2.37. The number of hydrogen-bond acceptors (Lipinski definition) is 3. The number of benzene rings is 2. The largest absolute Gasteiger partial charge is 0.497 e. The minimum atomic E-state index is -0.351. The Morgan fingerprint density at radius 1 is 1.24 bits per heavy atom. The van der Waals surface area contributed by atoms with Gasteiger partial charge in [-0.2, -0.15) is 5.10 Å². The molecule has 3 aromatic rings. The van der Waals surface area contributed by atoms with Crippen molar-refractivity contribution < 1.29 is 9.13 Å². The van der Waals surface area contributed by atoms with E-state index in [0.29, 0.717) is 28.6 Å². The second-order valence-electron chi connectivity index (χ2n) is 5.77. The van der Waals surface area contributed by atoms with Gasteiger partial charge in [-0.1, -0.05) is 23.7 Å². The molecule has 2 aromatic carbocycles. The molecule has 0 spiro atoms. The third kappa shape index (κ3) is 4.00. The van der Waals surface area contributed by atoms with Gasteiger partial charge in [0, 0.05) is 34.8 Å². The second-order valence-corrected chi connectivity index (χ2v) is 6.21. The van der Waals surface area contributed by atoms with E-state index in [1.54, 1.807) is 18.3 Å². The highest BCUT2D eigenvalue weighted by Crippen LogP contribution is 2.27. The quantitative estimate of drug-likeness (QED) is 0.669. The molecule has 1 heterocycles. The summed E-state index contributed by atoms with van der Waals surface area (Å²) in [6.07, 6.45) is 1.71. The van der Waals surface area contributed by atoms with Crippen LogP contribution >= 0.6 is 11.6 Å². The lowest BCUT2D eigenvalue weighted by Crippen LogP contribution is -2.18. The maximum Gasteiger partial charge on any atom is 0.136 e. The molecular formula is C19H19ClFN3O. The summed E-state index contributed by atoms with van der Waals surface area (Å²) in [7, 11) is 1.51. The van der Waals surface area contributed by atoms with Crippen LogP contribution in [0.5, 0.6) is 5.75 Å². The maximum atomic E-state index is 14.3. The summed E-state index contributed by atoms with van der Waals surface area (Å²) in [5.74, 6) is 0.132. The number of ether oxygens (including phenoxy) is 1. The van der Waals surface area contributed by atoms with Gasteiger partial charge in [0.1, 0.15) is 11.6 Å². The fourth-order valence-electron chi connectivity index (χ4n) is 2.64. The van der Waals surface area contributed by atoms with E-state index in [1.165, 1.54) is 13.2 Å². The van der Waals surface area contributed by atoms with Gasteiger partial charge < -0.3 is 10.1 Å². The van der Waals surface area contributed by atoms with Gasteiger partial charge in [-0.05, 0) is 36.8 Å². The molecule has 0 unspecified atom stereocenters. The first-order valence-corrected chi connectivity index (χ1v) is 8.31. The molecule has 6 heteroatoms. The summed E-state index contributed by atoms with van der Waals surface area (Å²) in [5.41, 5.74) is 3.15. The highest BCUT2D eigenvalue weighted by atomic mass is 35.5. The molecule has 0 amide bonds. The number of hydrogen-bond donors (Lipinski definition) is 2. The lowest BCUT2D eigenvalue weighted by atomic mass is 10.1. The SMILES string of the molecule is COc1ccc(-c2[nH]ncc2CN[C@@H](C)c2ccc(Cl)cc2)c(F)c1. The van der Waals surface area contributed by atoms with Gasteiger partial charge in [0.25, 0.3) is 0 Å². The normalized spacial score (nSPS) is 12.2. The highest BCUT2D eigenvalue weighted by Gasteiger charge is 2.14. The fourth-order valence-corrected chi connectivity index (χ4v) is 2.76. The number of H-pyrrole nitrogens is 1. The van der Waals surface area contributed by atoms with Crippen LogP contribution in [0, 0.1) is 5.82 Å². The molecule has 25 heavy (non-hydrogen) atoms. The molecule has 1 aromatic heterocycles. The first kappa shape index (κ1) is 17.5. The molecule has 0 fully saturated rings. The summed E-state index contributed by atoms with van der Waals surface area (Å²) in [5, 5.41) is 11.1. The number of methoxy groups -OCH3 is 1. The van der Waals surface area contributed by atoms with Gasteiger partial charge in [0.15, 0.2) is 0 Å². The Kier molecular flexibility index (Phi) is 5.36. The van der Waals surface area contributed by atoms with Crippen molar-refractivity contribution in [2.45, 2.75) is 19.5 Å². The molecule has 0 saturated heterocycles. The van der Waals surface area contributed by atoms with Crippen molar-refractivity contribution in [3.63, 3.8) is 0 Å². The molecule has 0 aliphatic rings. The summed E-state index contributed by atoms with van der Waals surface area (Å²) >= 11 is 5.92. The predicted octanol–water partition coefficient (Wildman–Crippen LogP) is 4.73. The molecule has 4 nitrogen and oxygen atoms in total. The van der Waals surface area contributed by atoms with Crippen LogP contribution in [0.15, 0.2) is 48.7 Å². The molecule has 0 aliphatic heterocycles. The van der Waals surface area contributed by atoms with E-state index in [1.807, 2.05) is 24.3 Å². The number of rotatable bonds is 6. The minimum absolute atomic E-state index is 0.126. The fraction of sp³-hybridized carbons (Fsp3) is 0.211. The number of aromatic amines is 1. The van der Waals surface area contributed by atoms with E-state index in [0.717, 1.165) is 11.1 Å². The molecule has 0 aliphatic carbocycles. The number of nitrogens with one attached hydrogen (secondary N) is 2. The number of nitrogens with zero attached hydrogens (tertiary/aromatic N) is 1. The van der Waals surface area contributed by atoms with Crippen LogP contribution in [0.25, 0.3) is 11.3 Å². The zero-order valence-electron chi connectivity index (χ0n) is 14.0.